The lowest BCUT2D eigenvalue weighted by molar-refractivity contribution is -0.146. The minimum absolute atomic E-state index is 0.0915. The van der Waals surface area contributed by atoms with Gasteiger partial charge in [-0.15, -0.1) is 0 Å². The van der Waals surface area contributed by atoms with E-state index in [1.807, 2.05) is 12.1 Å². The molecule has 0 bridgehead atoms. The van der Waals surface area contributed by atoms with Crippen molar-refractivity contribution in [2.75, 3.05) is 13.2 Å². The Morgan fingerprint density at radius 2 is 1.64 bits per heavy atom. The van der Waals surface area contributed by atoms with E-state index in [-0.39, 0.29) is 23.5 Å². The number of halogens is 1. The molecule has 0 aliphatic carbocycles. The van der Waals surface area contributed by atoms with Crippen molar-refractivity contribution in [2.24, 2.45) is 5.92 Å². The van der Waals surface area contributed by atoms with Crippen molar-refractivity contribution < 1.29 is 23.1 Å². The molecule has 3 atom stereocenters. The first kappa shape index (κ1) is 19.4. The van der Waals surface area contributed by atoms with Crippen LogP contribution in [0.5, 0.6) is 0 Å². The van der Waals surface area contributed by atoms with Gasteiger partial charge in [0, 0.05) is 24.1 Å². The van der Waals surface area contributed by atoms with Crippen molar-refractivity contribution >= 4 is 27.6 Å². The Hall–Kier alpha value is -1.93. The second-order valence-electron chi connectivity index (χ2n) is 7.08. The Balaban J connectivity index is 1.63. The molecule has 0 amide bonds. The molecule has 6 nitrogen and oxygen atoms in total. The third-order valence-electron chi connectivity index (χ3n) is 5.50. The molecule has 2 aliphatic rings. The Bertz CT molecular complexity index is 975. The van der Waals surface area contributed by atoms with Gasteiger partial charge >= 0.3 is 5.97 Å². The van der Waals surface area contributed by atoms with Crippen LogP contribution in [-0.4, -0.2) is 49.1 Å². The number of fused-ring (bicyclic) bond motifs is 1. The molecular formula is C20H20ClNO5S. The summed E-state index contributed by atoms with van der Waals surface area (Å²) in [5.41, 5.74) is 1.77. The van der Waals surface area contributed by atoms with Gasteiger partial charge in [-0.05, 0) is 48.2 Å². The maximum Gasteiger partial charge on any atom is 0.322 e. The molecule has 2 saturated heterocycles. The molecule has 28 heavy (non-hydrogen) atoms. The summed E-state index contributed by atoms with van der Waals surface area (Å²) in [4.78, 5) is 12.0. The normalized spacial score (nSPS) is 25.4. The molecule has 0 aromatic heterocycles. The largest absolute Gasteiger partial charge is 0.480 e. The molecule has 3 unspecified atom stereocenters. The number of carbonyl (C=O) groups is 1. The van der Waals surface area contributed by atoms with Crippen LogP contribution in [0.2, 0.25) is 5.02 Å². The van der Waals surface area contributed by atoms with E-state index in [9.17, 15) is 18.3 Å². The summed E-state index contributed by atoms with van der Waals surface area (Å²) in [6, 6.07) is 12.6. The first-order valence-electron chi connectivity index (χ1n) is 9.10. The molecule has 2 aromatic rings. The van der Waals surface area contributed by atoms with Gasteiger partial charge < -0.3 is 9.84 Å². The van der Waals surface area contributed by atoms with Gasteiger partial charge in [0.1, 0.15) is 6.04 Å². The van der Waals surface area contributed by atoms with Crippen molar-refractivity contribution in [1.29, 1.82) is 0 Å². The Kier molecular flexibility index (Phi) is 5.18. The fourth-order valence-electron chi connectivity index (χ4n) is 4.10. The van der Waals surface area contributed by atoms with Crippen LogP contribution in [0.3, 0.4) is 0 Å². The quantitative estimate of drug-likeness (QED) is 0.819. The highest BCUT2D eigenvalue weighted by atomic mass is 35.5. The summed E-state index contributed by atoms with van der Waals surface area (Å²) in [5, 5.41) is 10.3. The number of aliphatic carboxylic acids is 1. The van der Waals surface area contributed by atoms with Gasteiger partial charge in [-0.1, -0.05) is 35.9 Å². The number of hydrogen-bond donors (Lipinski definition) is 1. The van der Waals surface area contributed by atoms with E-state index in [0.29, 0.717) is 24.5 Å². The highest BCUT2D eigenvalue weighted by molar-refractivity contribution is 7.89. The Morgan fingerprint density at radius 1 is 1.04 bits per heavy atom. The SMILES string of the molecule is O=C(O)C1C2CCOC2CCN1S(=O)(=O)c1ccc(-c2ccc(Cl)cc2)cc1. The first-order chi connectivity index (χ1) is 13.4. The molecule has 8 heteroatoms. The molecule has 0 radical (unpaired) electrons. The molecule has 1 N–H and O–H groups in total. The number of hydrogen-bond acceptors (Lipinski definition) is 4. The fraction of sp³-hybridized carbons (Fsp3) is 0.350. The average Bonchev–Trinajstić information content (AvgIpc) is 3.16. The van der Waals surface area contributed by atoms with Crippen LogP contribution in [0.15, 0.2) is 53.4 Å². The number of carboxylic acid groups (broad SMARTS) is 1. The Morgan fingerprint density at radius 3 is 2.25 bits per heavy atom. The van der Waals surface area contributed by atoms with E-state index in [1.165, 1.54) is 12.1 Å². The monoisotopic (exact) mass is 421 g/mol. The fourth-order valence-corrected chi connectivity index (χ4v) is 5.87. The van der Waals surface area contributed by atoms with Gasteiger partial charge in [-0.25, -0.2) is 8.42 Å². The number of nitrogens with zero attached hydrogens (tertiary/aromatic N) is 1. The molecule has 2 fully saturated rings. The number of carboxylic acids is 1. The van der Waals surface area contributed by atoms with Gasteiger partial charge in [0.05, 0.1) is 11.0 Å². The van der Waals surface area contributed by atoms with Gasteiger partial charge in [0.2, 0.25) is 10.0 Å². The lowest BCUT2D eigenvalue weighted by Crippen LogP contribution is -2.55. The van der Waals surface area contributed by atoms with Crippen LogP contribution in [-0.2, 0) is 19.6 Å². The van der Waals surface area contributed by atoms with E-state index in [1.54, 1.807) is 24.3 Å². The smallest absolute Gasteiger partial charge is 0.322 e. The van der Waals surface area contributed by atoms with Crippen molar-refractivity contribution in [2.45, 2.75) is 29.9 Å². The molecule has 2 heterocycles. The van der Waals surface area contributed by atoms with Gasteiger partial charge in [0.25, 0.3) is 0 Å². The summed E-state index contributed by atoms with van der Waals surface area (Å²) in [5.74, 6) is -1.43. The number of piperidine rings is 1. The minimum atomic E-state index is -3.92. The topological polar surface area (TPSA) is 83.9 Å². The zero-order chi connectivity index (χ0) is 19.9. The second kappa shape index (κ2) is 7.48. The first-order valence-corrected chi connectivity index (χ1v) is 10.9. The van der Waals surface area contributed by atoms with E-state index in [0.717, 1.165) is 15.4 Å². The van der Waals surface area contributed by atoms with Crippen LogP contribution >= 0.6 is 11.6 Å². The number of sulfonamides is 1. The summed E-state index contributed by atoms with van der Waals surface area (Å²) < 4.78 is 33.1. The second-order valence-corrected chi connectivity index (χ2v) is 9.41. The molecule has 2 aromatic carbocycles. The third-order valence-corrected chi connectivity index (χ3v) is 7.65. The highest BCUT2D eigenvalue weighted by Gasteiger charge is 2.49. The standard InChI is InChI=1S/C20H20ClNO5S/c21-15-5-1-13(2-6-15)14-3-7-16(8-4-14)28(25,26)22-11-9-18-17(10-12-27-18)19(22)20(23)24/h1-8,17-19H,9-12H2,(H,23,24). The molecule has 2 aliphatic heterocycles. The number of ether oxygens (including phenoxy) is 1. The van der Waals surface area contributed by atoms with Crippen LogP contribution in [0.1, 0.15) is 12.8 Å². The Labute approximate surface area is 168 Å². The van der Waals surface area contributed by atoms with E-state index in [2.05, 4.69) is 0 Å². The van der Waals surface area contributed by atoms with Crippen LogP contribution in [0.25, 0.3) is 11.1 Å². The van der Waals surface area contributed by atoms with E-state index in [4.69, 9.17) is 16.3 Å². The molecular weight excluding hydrogens is 402 g/mol. The number of rotatable bonds is 4. The maximum atomic E-state index is 13.2. The lowest BCUT2D eigenvalue weighted by Gasteiger charge is -2.38. The van der Waals surface area contributed by atoms with Gasteiger partial charge in [-0.2, -0.15) is 4.31 Å². The van der Waals surface area contributed by atoms with Crippen LogP contribution in [0.4, 0.5) is 0 Å². The van der Waals surface area contributed by atoms with Gasteiger partial charge in [0.15, 0.2) is 0 Å². The molecule has 0 saturated carbocycles. The average molecular weight is 422 g/mol. The van der Waals surface area contributed by atoms with Crippen molar-refractivity contribution in [3.8, 4) is 11.1 Å². The number of benzene rings is 2. The van der Waals surface area contributed by atoms with Crippen LogP contribution in [0, 0.1) is 5.92 Å². The minimum Gasteiger partial charge on any atom is -0.480 e. The molecule has 0 spiro atoms. The predicted octanol–water partition coefficient (Wildman–Crippen LogP) is 3.26. The summed E-state index contributed by atoms with van der Waals surface area (Å²) in [6.45, 7) is 0.613. The van der Waals surface area contributed by atoms with E-state index >= 15 is 0 Å². The van der Waals surface area contributed by atoms with Crippen molar-refractivity contribution in [1.82, 2.24) is 4.31 Å². The third kappa shape index (κ3) is 3.43. The molecule has 4 rings (SSSR count). The summed E-state index contributed by atoms with van der Waals surface area (Å²) >= 11 is 5.91. The highest BCUT2D eigenvalue weighted by Crippen LogP contribution is 2.37. The summed E-state index contributed by atoms with van der Waals surface area (Å²) in [7, 11) is -3.92. The van der Waals surface area contributed by atoms with Crippen LogP contribution < -0.4 is 0 Å². The van der Waals surface area contributed by atoms with E-state index < -0.39 is 22.0 Å². The van der Waals surface area contributed by atoms with Gasteiger partial charge in [-0.3, -0.25) is 4.79 Å². The molecule has 148 valence electrons. The van der Waals surface area contributed by atoms with Crippen molar-refractivity contribution in [3.63, 3.8) is 0 Å². The zero-order valence-electron chi connectivity index (χ0n) is 15.0. The van der Waals surface area contributed by atoms with Crippen molar-refractivity contribution in [3.05, 3.63) is 53.6 Å². The predicted molar refractivity (Wildman–Crippen MR) is 105 cm³/mol. The lowest BCUT2D eigenvalue weighted by atomic mass is 9.88. The zero-order valence-corrected chi connectivity index (χ0v) is 16.6. The summed E-state index contributed by atoms with van der Waals surface area (Å²) in [6.07, 6.45) is 0.888. The maximum absolute atomic E-state index is 13.2.